The molecule has 0 radical (unpaired) electrons. The van der Waals surface area contributed by atoms with Gasteiger partial charge in [-0.05, 0) is 11.8 Å². The summed E-state index contributed by atoms with van der Waals surface area (Å²) < 4.78 is 4.23. The van der Waals surface area contributed by atoms with E-state index in [2.05, 4.69) is 4.74 Å². The average Bonchev–Trinajstić information content (AvgIpc) is 1.99. The van der Waals surface area contributed by atoms with Crippen LogP contribution in [0.5, 0.6) is 0 Å². The summed E-state index contributed by atoms with van der Waals surface area (Å²) in [4.78, 5) is 22.7. The number of esters is 1. The Hall–Kier alpha value is -0.810. The molecule has 0 aromatic rings. The maximum atomic E-state index is 10.5. The van der Waals surface area contributed by atoms with Gasteiger partial charge < -0.3 is 9.84 Å². The van der Waals surface area contributed by atoms with E-state index in [1.807, 2.05) is 4.84 Å². The van der Waals surface area contributed by atoms with Crippen molar-refractivity contribution in [3.63, 3.8) is 0 Å². The third-order valence-corrected chi connectivity index (χ3v) is 1.29. The lowest BCUT2D eigenvalue weighted by Gasteiger charge is -2.06. The summed E-state index contributed by atoms with van der Waals surface area (Å²) in [6.45, 7) is 0. The number of hydrogen-bond donors (Lipinski definition) is 2. The van der Waals surface area contributed by atoms with Crippen LogP contribution in [0.3, 0.4) is 0 Å². The number of carbonyl (C=O) groups excluding carboxylic acids is 1. The highest BCUT2D eigenvalue weighted by molar-refractivity contribution is 6.15. The Morgan fingerprint density at radius 3 is 2.55 bits per heavy atom. The fourth-order valence-corrected chi connectivity index (χ4v) is 0.593. The van der Waals surface area contributed by atoms with E-state index >= 15 is 0 Å². The molecule has 11 heavy (non-hydrogen) atoms. The second-order valence-electron chi connectivity index (χ2n) is 1.78. The first kappa shape index (κ1) is 10.2. The number of aliphatic carboxylic acids is 1. The van der Waals surface area contributed by atoms with Gasteiger partial charge in [0.1, 0.15) is 6.04 Å². The van der Waals surface area contributed by atoms with E-state index in [1.165, 1.54) is 7.11 Å². The fourth-order valence-electron chi connectivity index (χ4n) is 0.423. The summed E-state index contributed by atoms with van der Waals surface area (Å²) >= 11 is 5.02. The van der Waals surface area contributed by atoms with Crippen molar-refractivity contribution in [2.75, 3.05) is 7.11 Å². The van der Waals surface area contributed by atoms with Crippen molar-refractivity contribution in [1.82, 2.24) is 4.84 Å². The Bertz CT molecular complexity index is 161. The molecular weight excluding hydrogens is 174 g/mol. The van der Waals surface area contributed by atoms with Crippen LogP contribution >= 0.6 is 11.8 Å². The van der Waals surface area contributed by atoms with Crippen LogP contribution in [-0.2, 0) is 14.3 Å². The van der Waals surface area contributed by atoms with E-state index in [0.29, 0.717) is 0 Å². The fraction of sp³-hybridized carbons (Fsp3) is 0.600. The van der Waals surface area contributed by atoms with Crippen molar-refractivity contribution in [2.45, 2.75) is 12.5 Å². The predicted octanol–water partition coefficient (Wildman–Crippen LogP) is -0.254. The molecule has 2 N–H and O–H groups in total. The first-order chi connectivity index (χ1) is 5.11. The van der Waals surface area contributed by atoms with E-state index in [9.17, 15) is 9.59 Å². The van der Waals surface area contributed by atoms with Gasteiger partial charge in [-0.15, -0.1) is 0 Å². The minimum atomic E-state index is -1.19. The predicted molar refractivity (Wildman–Crippen MR) is 37.0 cm³/mol. The number of nitrogens with one attached hydrogen (secondary N) is 1. The largest absolute Gasteiger partial charge is 0.480 e. The molecule has 6 heteroatoms. The lowest BCUT2D eigenvalue weighted by atomic mass is 10.2. The van der Waals surface area contributed by atoms with E-state index < -0.39 is 18.0 Å². The number of methoxy groups -OCH3 is 1. The maximum absolute atomic E-state index is 10.5. The van der Waals surface area contributed by atoms with Crippen LogP contribution in [0.15, 0.2) is 0 Å². The smallest absolute Gasteiger partial charge is 0.322 e. The Labute approximate surface area is 68.4 Å². The third-order valence-electron chi connectivity index (χ3n) is 1.03. The molecule has 0 rings (SSSR count). The minimum Gasteiger partial charge on any atom is -0.480 e. The molecule has 0 aromatic carbocycles. The Kier molecular flexibility index (Phi) is 4.56. The molecule has 0 aliphatic rings. The number of carbonyl (C=O) groups is 2. The van der Waals surface area contributed by atoms with E-state index in [0.717, 1.165) is 0 Å². The van der Waals surface area contributed by atoms with E-state index in [-0.39, 0.29) is 6.42 Å². The highest BCUT2D eigenvalue weighted by atomic mass is 35.5. The molecule has 0 amide bonds. The molecule has 0 aromatic heterocycles. The van der Waals surface area contributed by atoms with Gasteiger partial charge in [-0.1, -0.05) is 0 Å². The SMILES string of the molecule is COC(=O)C[C@@H](NCl)C(=O)O. The summed E-state index contributed by atoms with van der Waals surface area (Å²) in [7, 11) is 1.18. The van der Waals surface area contributed by atoms with Gasteiger partial charge in [0.05, 0.1) is 13.5 Å². The van der Waals surface area contributed by atoms with Gasteiger partial charge in [-0.25, -0.2) is 4.84 Å². The molecule has 0 aliphatic carbocycles. The van der Waals surface area contributed by atoms with Gasteiger partial charge in [0.25, 0.3) is 0 Å². The molecule has 0 heterocycles. The third kappa shape index (κ3) is 3.79. The van der Waals surface area contributed by atoms with Crippen LogP contribution in [0, 0.1) is 0 Å². The number of rotatable bonds is 4. The standard InChI is InChI=1S/C5H8ClNO4/c1-11-4(8)2-3(7-6)5(9)10/h3,7H,2H2,1H3,(H,9,10)/t3-/m1/s1. The molecule has 0 saturated heterocycles. The van der Waals surface area contributed by atoms with Crippen LogP contribution in [0.4, 0.5) is 0 Å². The summed E-state index contributed by atoms with van der Waals surface area (Å²) in [6.07, 6.45) is -0.282. The van der Waals surface area contributed by atoms with Gasteiger partial charge in [-0.3, -0.25) is 9.59 Å². The van der Waals surface area contributed by atoms with Crippen LogP contribution < -0.4 is 4.84 Å². The highest BCUT2D eigenvalue weighted by Gasteiger charge is 2.19. The second kappa shape index (κ2) is 4.92. The molecule has 1 atom stereocenters. The molecule has 0 saturated carbocycles. The van der Waals surface area contributed by atoms with E-state index in [4.69, 9.17) is 16.9 Å². The zero-order valence-electron chi connectivity index (χ0n) is 5.83. The summed E-state index contributed by atoms with van der Waals surface area (Å²) in [5, 5.41) is 8.36. The van der Waals surface area contributed by atoms with Crippen LogP contribution in [0.1, 0.15) is 6.42 Å². The minimum absolute atomic E-state index is 0.282. The quantitative estimate of drug-likeness (QED) is 0.462. The first-order valence-corrected chi connectivity index (χ1v) is 3.15. The normalized spacial score (nSPS) is 12.2. The lowest BCUT2D eigenvalue weighted by molar-refractivity contribution is -0.147. The van der Waals surface area contributed by atoms with Crippen LogP contribution in [-0.4, -0.2) is 30.2 Å². The Morgan fingerprint density at radius 1 is 1.73 bits per heavy atom. The monoisotopic (exact) mass is 181 g/mol. The van der Waals surface area contributed by atoms with Crippen LogP contribution in [0.25, 0.3) is 0 Å². The van der Waals surface area contributed by atoms with Crippen LogP contribution in [0.2, 0.25) is 0 Å². The molecule has 0 unspecified atom stereocenters. The Morgan fingerprint density at radius 2 is 2.27 bits per heavy atom. The van der Waals surface area contributed by atoms with Crippen molar-refractivity contribution in [3.8, 4) is 0 Å². The molecule has 0 spiro atoms. The molecule has 0 fully saturated rings. The van der Waals surface area contributed by atoms with Gasteiger partial charge in [-0.2, -0.15) is 0 Å². The molecule has 5 nitrogen and oxygen atoms in total. The highest BCUT2D eigenvalue weighted by Crippen LogP contribution is 1.95. The topological polar surface area (TPSA) is 75.6 Å². The van der Waals surface area contributed by atoms with Crippen molar-refractivity contribution < 1.29 is 19.4 Å². The Balaban J connectivity index is 3.88. The van der Waals surface area contributed by atoms with Gasteiger partial charge >= 0.3 is 11.9 Å². The zero-order valence-corrected chi connectivity index (χ0v) is 6.59. The zero-order chi connectivity index (χ0) is 8.85. The van der Waals surface area contributed by atoms with Gasteiger partial charge in [0.15, 0.2) is 0 Å². The molecule has 0 bridgehead atoms. The summed E-state index contributed by atoms with van der Waals surface area (Å²) in [5.41, 5.74) is 0. The maximum Gasteiger partial charge on any atom is 0.322 e. The number of carboxylic acid groups (broad SMARTS) is 1. The molecular formula is C5H8ClNO4. The van der Waals surface area contributed by atoms with E-state index in [1.54, 1.807) is 0 Å². The van der Waals surface area contributed by atoms with Gasteiger partial charge in [0.2, 0.25) is 0 Å². The first-order valence-electron chi connectivity index (χ1n) is 2.77. The number of carboxylic acids is 1. The summed E-state index contributed by atoms with van der Waals surface area (Å²) in [5.74, 6) is -1.81. The van der Waals surface area contributed by atoms with Crippen molar-refractivity contribution >= 4 is 23.7 Å². The lowest BCUT2D eigenvalue weighted by Crippen LogP contribution is -2.33. The molecule has 0 aliphatic heterocycles. The van der Waals surface area contributed by atoms with Gasteiger partial charge in [0, 0.05) is 0 Å². The average molecular weight is 182 g/mol. The second-order valence-corrected chi connectivity index (χ2v) is 2.00. The van der Waals surface area contributed by atoms with Crippen molar-refractivity contribution in [1.29, 1.82) is 0 Å². The van der Waals surface area contributed by atoms with Crippen molar-refractivity contribution in [2.24, 2.45) is 0 Å². The summed E-state index contributed by atoms with van der Waals surface area (Å²) in [6, 6.07) is -1.09. The number of halogens is 1. The van der Waals surface area contributed by atoms with Crippen molar-refractivity contribution in [3.05, 3.63) is 0 Å². The molecule has 64 valence electrons. The number of hydrogen-bond acceptors (Lipinski definition) is 4. The number of ether oxygens (including phenoxy) is 1.